The lowest BCUT2D eigenvalue weighted by Crippen LogP contribution is -2.34. The van der Waals surface area contributed by atoms with Crippen molar-refractivity contribution in [2.75, 3.05) is 19.4 Å². The van der Waals surface area contributed by atoms with Crippen molar-refractivity contribution in [2.45, 2.75) is 26.4 Å². The molecule has 0 atom stereocenters. The average Bonchev–Trinajstić information content (AvgIpc) is 2.13. The van der Waals surface area contributed by atoms with Crippen molar-refractivity contribution in [1.29, 1.82) is 0 Å². The number of hydrogen-bond donors (Lipinski definition) is 1. The topological polar surface area (TPSA) is 81.7 Å². The van der Waals surface area contributed by atoms with Crippen molar-refractivity contribution in [3.05, 3.63) is 11.9 Å². The second-order valence-electron chi connectivity index (χ2n) is 4.59. The summed E-state index contributed by atoms with van der Waals surface area (Å²) in [4.78, 5) is 11.2. The van der Waals surface area contributed by atoms with Gasteiger partial charge in [0.15, 0.2) is 0 Å². The number of alkyl carbamates (subject to hydrolysis) is 1. The van der Waals surface area contributed by atoms with E-state index < -0.39 is 28.4 Å². The lowest BCUT2D eigenvalue weighted by Gasteiger charge is -2.19. The number of hydrogen-bond acceptors (Lipinski definition) is 5. The Morgan fingerprint density at radius 1 is 1.39 bits per heavy atom. The maximum atomic E-state index is 12.4. The third-order valence-corrected chi connectivity index (χ3v) is 2.02. The fourth-order valence-corrected chi connectivity index (χ4v) is 1.17. The van der Waals surface area contributed by atoms with Crippen LogP contribution in [0.15, 0.2) is 11.9 Å². The van der Waals surface area contributed by atoms with Gasteiger partial charge in [-0.2, -0.15) is 8.42 Å². The second-order valence-corrected chi connectivity index (χ2v) is 6.23. The van der Waals surface area contributed by atoms with Crippen LogP contribution in [-0.4, -0.2) is 39.5 Å². The summed E-state index contributed by atoms with van der Waals surface area (Å²) in [6.07, 6.45) is 0.313. The highest BCUT2D eigenvalue weighted by Gasteiger charge is 2.16. The van der Waals surface area contributed by atoms with E-state index in [4.69, 9.17) is 4.74 Å². The minimum Gasteiger partial charge on any atom is -0.444 e. The van der Waals surface area contributed by atoms with Gasteiger partial charge in [-0.1, -0.05) is 0 Å². The molecule has 106 valence electrons. The summed E-state index contributed by atoms with van der Waals surface area (Å²) in [5.74, 6) is 0. The van der Waals surface area contributed by atoms with Gasteiger partial charge in [0.1, 0.15) is 5.60 Å². The van der Waals surface area contributed by atoms with Crippen LogP contribution in [0, 0.1) is 0 Å². The van der Waals surface area contributed by atoms with E-state index in [1.54, 1.807) is 20.8 Å². The summed E-state index contributed by atoms with van der Waals surface area (Å²) in [5, 5.41) is 2.28. The number of amides is 1. The Labute approximate surface area is 106 Å². The zero-order valence-electron chi connectivity index (χ0n) is 10.8. The van der Waals surface area contributed by atoms with Crippen LogP contribution in [0.25, 0.3) is 0 Å². The lowest BCUT2D eigenvalue weighted by atomic mass is 10.2. The van der Waals surface area contributed by atoms with E-state index in [0.29, 0.717) is 0 Å². The van der Waals surface area contributed by atoms with E-state index in [0.717, 1.165) is 6.26 Å². The molecule has 0 aliphatic heterocycles. The monoisotopic (exact) mass is 283 g/mol. The zero-order chi connectivity index (χ0) is 14.4. The molecule has 1 amide bonds. The van der Waals surface area contributed by atoms with Gasteiger partial charge in [0.05, 0.1) is 19.2 Å². The molecule has 0 saturated heterocycles. The molecule has 0 aromatic rings. The first-order valence-corrected chi connectivity index (χ1v) is 6.94. The van der Waals surface area contributed by atoms with Gasteiger partial charge < -0.3 is 10.1 Å². The Balaban J connectivity index is 4.14. The molecule has 0 heterocycles. The van der Waals surface area contributed by atoms with Crippen molar-refractivity contribution < 1.29 is 26.5 Å². The molecular weight excluding hydrogens is 265 g/mol. The molecule has 6 nitrogen and oxygen atoms in total. The van der Waals surface area contributed by atoms with Crippen LogP contribution in [-0.2, 0) is 19.0 Å². The van der Waals surface area contributed by atoms with Crippen LogP contribution < -0.4 is 5.32 Å². The van der Waals surface area contributed by atoms with Gasteiger partial charge in [-0.3, -0.25) is 4.18 Å². The fourth-order valence-electron chi connectivity index (χ4n) is 0.804. The Bertz CT molecular complexity index is 410. The molecule has 1 N–H and O–H groups in total. The standard InChI is InChI=1S/C10H18FNO5S/c1-10(2,3)17-9(13)12-6-8(5-11)7-16-18(4,14)15/h5H,6-7H2,1-4H3,(H,12,13)/b8-5-. The largest absolute Gasteiger partial charge is 0.444 e. The highest BCUT2D eigenvalue weighted by molar-refractivity contribution is 7.85. The van der Waals surface area contributed by atoms with Crippen LogP contribution in [0.3, 0.4) is 0 Å². The summed E-state index contributed by atoms with van der Waals surface area (Å²) in [6, 6.07) is 0. The molecule has 0 saturated carbocycles. The Hall–Kier alpha value is -1.15. The maximum absolute atomic E-state index is 12.4. The maximum Gasteiger partial charge on any atom is 0.407 e. The number of nitrogens with one attached hydrogen (secondary N) is 1. The number of carbonyl (C=O) groups excluding carboxylic acids is 1. The zero-order valence-corrected chi connectivity index (χ0v) is 11.6. The van der Waals surface area contributed by atoms with Gasteiger partial charge in [0, 0.05) is 12.1 Å². The highest BCUT2D eigenvalue weighted by atomic mass is 32.2. The molecule has 0 fully saturated rings. The van der Waals surface area contributed by atoms with Crippen molar-refractivity contribution in [3.63, 3.8) is 0 Å². The molecule has 8 heteroatoms. The van der Waals surface area contributed by atoms with Gasteiger partial charge in [0.2, 0.25) is 0 Å². The summed E-state index contributed by atoms with van der Waals surface area (Å²) in [7, 11) is -3.65. The van der Waals surface area contributed by atoms with Crippen molar-refractivity contribution >= 4 is 16.2 Å². The number of halogens is 1. The van der Waals surface area contributed by atoms with Crippen molar-refractivity contribution in [1.82, 2.24) is 5.32 Å². The quantitative estimate of drug-likeness (QED) is 0.770. The molecule has 0 aliphatic carbocycles. The molecule has 0 aromatic carbocycles. The second kappa shape index (κ2) is 6.69. The predicted molar refractivity (Wildman–Crippen MR) is 64.2 cm³/mol. The van der Waals surface area contributed by atoms with Gasteiger partial charge in [-0.25, -0.2) is 9.18 Å². The molecule has 18 heavy (non-hydrogen) atoms. The Morgan fingerprint density at radius 3 is 2.33 bits per heavy atom. The number of carbonyl (C=O) groups is 1. The first-order valence-electron chi connectivity index (χ1n) is 5.13. The van der Waals surface area contributed by atoms with Gasteiger partial charge in [-0.05, 0) is 20.8 Å². The molecule has 0 radical (unpaired) electrons. The first kappa shape index (κ1) is 16.9. The lowest BCUT2D eigenvalue weighted by molar-refractivity contribution is 0.0532. The SMILES string of the molecule is CC(C)(C)OC(=O)NC/C(=C/F)COS(C)(=O)=O. The van der Waals surface area contributed by atoms with Gasteiger partial charge in [-0.15, -0.1) is 0 Å². The van der Waals surface area contributed by atoms with Crippen LogP contribution in [0.4, 0.5) is 9.18 Å². The van der Waals surface area contributed by atoms with Crippen molar-refractivity contribution in [3.8, 4) is 0 Å². The minimum atomic E-state index is -3.65. The van der Waals surface area contributed by atoms with Gasteiger partial charge >= 0.3 is 6.09 Å². The van der Waals surface area contributed by atoms with E-state index in [1.165, 1.54) is 0 Å². The van der Waals surface area contributed by atoms with Gasteiger partial charge in [0.25, 0.3) is 10.1 Å². The van der Waals surface area contributed by atoms with E-state index >= 15 is 0 Å². The molecular formula is C10H18FNO5S. The minimum absolute atomic E-state index is 0.0220. The van der Waals surface area contributed by atoms with E-state index in [2.05, 4.69) is 9.50 Å². The third-order valence-electron chi connectivity index (χ3n) is 1.47. The van der Waals surface area contributed by atoms with E-state index in [1.807, 2.05) is 0 Å². The van der Waals surface area contributed by atoms with E-state index in [9.17, 15) is 17.6 Å². The normalized spacial score (nSPS) is 13.3. The number of ether oxygens (including phenoxy) is 1. The van der Waals surface area contributed by atoms with Crippen LogP contribution in [0.5, 0.6) is 0 Å². The highest BCUT2D eigenvalue weighted by Crippen LogP contribution is 2.06. The number of rotatable bonds is 5. The van der Waals surface area contributed by atoms with E-state index in [-0.39, 0.29) is 18.4 Å². The molecule has 0 aromatic heterocycles. The molecule has 0 aliphatic rings. The van der Waals surface area contributed by atoms with Crippen LogP contribution in [0.2, 0.25) is 0 Å². The fraction of sp³-hybridized carbons (Fsp3) is 0.700. The Morgan fingerprint density at radius 2 is 1.94 bits per heavy atom. The van der Waals surface area contributed by atoms with Crippen LogP contribution in [0.1, 0.15) is 20.8 Å². The smallest absolute Gasteiger partial charge is 0.407 e. The average molecular weight is 283 g/mol. The Kier molecular flexibility index (Phi) is 6.27. The molecule has 0 rings (SSSR count). The first-order chi connectivity index (χ1) is 8.03. The predicted octanol–water partition coefficient (Wildman–Crippen LogP) is 1.34. The summed E-state index contributed by atoms with van der Waals surface area (Å²) in [5.41, 5.74) is -0.682. The third kappa shape index (κ3) is 10.0. The summed E-state index contributed by atoms with van der Waals surface area (Å²) in [6.45, 7) is 4.41. The summed E-state index contributed by atoms with van der Waals surface area (Å²) >= 11 is 0. The van der Waals surface area contributed by atoms with Crippen molar-refractivity contribution in [2.24, 2.45) is 0 Å². The summed E-state index contributed by atoms with van der Waals surface area (Å²) < 4.78 is 43.1. The molecule has 0 bridgehead atoms. The molecule has 0 unspecified atom stereocenters. The molecule has 0 spiro atoms. The van der Waals surface area contributed by atoms with Crippen LogP contribution >= 0.6 is 0 Å².